The molecule has 3 rings (SSSR count). The highest BCUT2D eigenvalue weighted by Gasteiger charge is 2.32. The average Bonchev–Trinajstić information content (AvgIpc) is 3.15. The van der Waals surface area contributed by atoms with Gasteiger partial charge >= 0.3 is 0 Å². The molecule has 1 aliphatic carbocycles. The number of nitrogens with zero attached hydrogens (tertiary/aromatic N) is 1. The van der Waals surface area contributed by atoms with Crippen molar-refractivity contribution in [3.63, 3.8) is 0 Å². The van der Waals surface area contributed by atoms with Gasteiger partial charge in [-0.25, -0.2) is 12.7 Å². The highest BCUT2D eigenvalue weighted by Crippen LogP contribution is 2.37. The summed E-state index contributed by atoms with van der Waals surface area (Å²) >= 11 is 1.35. The summed E-state index contributed by atoms with van der Waals surface area (Å²) in [6, 6.07) is 7.41. The Labute approximate surface area is 122 Å². The molecule has 6 heteroatoms. The second-order valence-electron chi connectivity index (χ2n) is 5.24. The average molecular weight is 311 g/mol. The monoisotopic (exact) mass is 311 g/mol. The molecule has 0 radical (unpaired) electrons. The molecule has 4 nitrogen and oxygen atoms in total. The quantitative estimate of drug-likeness (QED) is 0.922. The summed E-state index contributed by atoms with van der Waals surface area (Å²) in [5.41, 5.74) is 0. The first kappa shape index (κ1) is 14.0. The molecule has 1 saturated carbocycles. The van der Waals surface area contributed by atoms with Crippen LogP contribution in [0, 0.1) is 5.92 Å². The van der Waals surface area contributed by atoms with Gasteiger partial charge in [-0.3, -0.25) is 0 Å². The van der Waals surface area contributed by atoms with Crippen molar-refractivity contribution in [2.24, 2.45) is 5.92 Å². The van der Waals surface area contributed by atoms with Crippen molar-refractivity contribution in [2.45, 2.75) is 24.3 Å². The molecule has 0 unspecified atom stereocenters. The molecule has 0 atom stereocenters. The number of thiophene rings is 1. The van der Waals surface area contributed by atoms with Crippen LogP contribution in [-0.2, 0) is 16.6 Å². The van der Waals surface area contributed by atoms with E-state index in [4.69, 9.17) is 0 Å². The van der Waals surface area contributed by atoms with E-state index in [0.717, 1.165) is 17.5 Å². The molecule has 0 amide bonds. The predicted octanol–water partition coefficient (Wildman–Crippen LogP) is 2.42. The number of hydrogen-bond donors (Lipinski definition) is 1. The molecule has 0 aliphatic heterocycles. The van der Waals surface area contributed by atoms with Crippen molar-refractivity contribution in [3.8, 4) is 0 Å². The van der Waals surface area contributed by atoms with E-state index in [-0.39, 0.29) is 11.5 Å². The van der Waals surface area contributed by atoms with Gasteiger partial charge in [-0.05, 0) is 24.8 Å². The molecule has 0 saturated heterocycles. The van der Waals surface area contributed by atoms with E-state index >= 15 is 0 Å². The minimum Gasteiger partial charge on any atom is -0.391 e. The Kier molecular flexibility index (Phi) is 3.58. The lowest BCUT2D eigenvalue weighted by Gasteiger charge is -2.17. The van der Waals surface area contributed by atoms with Crippen LogP contribution in [0.5, 0.6) is 0 Å². The molecule has 1 N–H and O–H groups in total. The largest absolute Gasteiger partial charge is 0.391 e. The summed E-state index contributed by atoms with van der Waals surface area (Å²) in [5.74, 6) is 0.497. The molecule has 0 spiro atoms. The van der Waals surface area contributed by atoms with Gasteiger partial charge in [0.1, 0.15) is 4.90 Å². The summed E-state index contributed by atoms with van der Waals surface area (Å²) in [7, 11) is -1.91. The number of rotatable bonds is 5. The first-order chi connectivity index (χ1) is 9.54. The van der Waals surface area contributed by atoms with Crippen molar-refractivity contribution in [1.82, 2.24) is 4.31 Å². The Bertz CT molecular complexity index is 732. The van der Waals surface area contributed by atoms with Gasteiger partial charge < -0.3 is 5.11 Å². The van der Waals surface area contributed by atoms with Gasteiger partial charge in [0.25, 0.3) is 0 Å². The summed E-state index contributed by atoms with van der Waals surface area (Å²) in [4.78, 5) is 0.803. The highest BCUT2D eigenvalue weighted by molar-refractivity contribution is 7.89. The van der Waals surface area contributed by atoms with Crippen LogP contribution in [0.25, 0.3) is 10.1 Å². The van der Waals surface area contributed by atoms with E-state index < -0.39 is 10.0 Å². The number of sulfonamides is 1. The van der Waals surface area contributed by atoms with E-state index in [9.17, 15) is 13.5 Å². The first-order valence-corrected chi connectivity index (χ1v) is 8.87. The third-order valence-electron chi connectivity index (χ3n) is 3.64. The molecule has 1 heterocycles. The van der Waals surface area contributed by atoms with Gasteiger partial charge in [-0.2, -0.15) is 0 Å². The number of aliphatic hydroxyl groups excluding tert-OH is 1. The molecule has 20 heavy (non-hydrogen) atoms. The maximum absolute atomic E-state index is 12.8. The Morgan fingerprint density at radius 1 is 1.35 bits per heavy atom. The maximum atomic E-state index is 12.8. The van der Waals surface area contributed by atoms with Crippen LogP contribution in [0.15, 0.2) is 29.2 Å². The predicted molar refractivity (Wildman–Crippen MR) is 80.3 cm³/mol. The second kappa shape index (κ2) is 5.11. The third-order valence-corrected chi connectivity index (χ3v) is 6.88. The molecule has 1 aromatic heterocycles. The smallest absolute Gasteiger partial charge is 0.244 e. The Balaban J connectivity index is 2.11. The topological polar surface area (TPSA) is 57.6 Å². The van der Waals surface area contributed by atoms with E-state index in [1.165, 1.54) is 15.6 Å². The van der Waals surface area contributed by atoms with Crippen LogP contribution < -0.4 is 0 Å². The van der Waals surface area contributed by atoms with Crippen molar-refractivity contribution >= 4 is 31.4 Å². The van der Waals surface area contributed by atoms with E-state index in [0.29, 0.717) is 22.7 Å². The van der Waals surface area contributed by atoms with Crippen molar-refractivity contribution in [1.29, 1.82) is 0 Å². The minimum absolute atomic E-state index is 0.245. The number of aliphatic hydroxyl groups is 1. The maximum Gasteiger partial charge on any atom is 0.244 e. The first-order valence-electron chi connectivity index (χ1n) is 6.61. The number of hydrogen-bond acceptors (Lipinski definition) is 4. The molecular weight excluding hydrogens is 294 g/mol. The van der Waals surface area contributed by atoms with Gasteiger partial charge in [0.05, 0.1) is 11.5 Å². The zero-order valence-electron chi connectivity index (χ0n) is 11.2. The zero-order chi connectivity index (χ0) is 14.3. The minimum atomic E-state index is -3.54. The normalized spacial score (nSPS) is 16.1. The molecule has 1 fully saturated rings. The van der Waals surface area contributed by atoms with Crippen molar-refractivity contribution in [2.75, 3.05) is 13.6 Å². The van der Waals surface area contributed by atoms with Crippen LogP contribution in [0.4, 0.5) is 0 Å². The van der Waals surface area contributed by atoms with Crippen LogP contribution in [0.3, 0.4) is 0 Å². The van der Waals surface area contributed by atoms with Crippen LogP contribution in [-0.4, -0.2) is 31.4 Å². The SMILES string of the molecule is CN(CC1CC1)S(=O)(=O)c1c(CO)sc2ccccc12. The second-order valence-corrected chi connectivity index (χ2v) is 8.36. The van der Waals surface area contributed by atoms with E-state index in [2.05, 4.69) is 0 Å². The van der Waals surface area contributed by atoms with E-state index in [1.807, 2.05) is 24.3 Å². The zero-order valence-corrected chi connectivity index (χ0v) is 12.9. The lowest BCUT2D eigenvalue weighted by Crippen LogP contribution is -2.29. The summed E-state index contributed by atoms with van der Waals surface area (Å²) in [6.45, 7) is 0.322. The molecule has 2 aromatic rings. The fourth-order valence-electron chi connectivity index (χ4n) is 2.38. The Hall–Kier alpha value is -0.950. The molecule has 1 aromatic carbocycles. The summed E-state index contributed by atoms with van der Waals surface area (Å²) in [5, 5.41) is 10.2. The number of benzene rings is 1. The highest BCUT2D eigenvalue weighted by atomic mass is 32.2. The fraction of sp³-hybridized carbons (Fsp3) is 0.429. The molecule has 108 valence electrons. The van der Waals surface area contributed by atoms with Gasteiger partial charge in [-0.15, -0.1) is 11.3 Å². The van der Waals surface area contributed by atoms with Gasteiger partial charge in [0.15, 0.2) is 0 Å². The van der Waals surface area contributed by atoms with Crippen LogP contribution in [0.1, 0.15) is 17.7 Å². The lowest BCUT2D eigenvalue weighted by molar-refractivity contribution is 0.282. The van der Waals surface area contributed by atoms with E-state index in [1.54, 1.807) is 7.05 Å². The van der Waals surface area contributed by atoms with Gasteiger partial charge in [-0.1, -0.05) is 18.2 Å². The van der Waals surface area contributed by atoms with Gasteiger partial charge in [0, 0.05) is 23.7 Å². The molecule has 0 bridgehead atoms. The fourth-order valence-corrected chi connectivity index (χ4v) is 5.37. The van der Waals surface area contributed by atoms with Gasteiger partial charge in [0.2, 0.25) is 10.0 Å². The Morgan fingerprint density at radius 2 is 2.05 bits per heavy atom. The van der Waals surface area contributed by atoms with Crippen LogP contribution in [0.2, 0.25) is 0 Å². The summed E-state index contributed by atoms with van der Waals surface area (Å²) in [6.07, 6.45) is 2.22. The van der Waals surface area contributed by atoms with Crippen molar-refractivity contribution < 1.29 is 13.5 Å². The van der Waals surface area contributed by atoms with Crippen molar-refractivity contribution in [3.05, 3.63) is 29.1 Å². The van der Waals surface area contributed by atoms with Crippen LogP contribution >= 0.6 is 11.3 Å². The molecular formula is C14H17NO3S2. The summed E-state index contributed by atoms with van der Waals surface area (Å²) < 4.78 is 27.9. The standard InChI is InChI=1S/C14H17NO3S2/c1-15(8-10-6-7-10)20(17,18)14-11-4-2-3-5-12(11)19-13(14)9-16/h2-5,10,16H,6-9H2,1H3. The lowest BCUT2D eigenvalue weighted by atomic mass is 10.2. The number of fused-ring (bicyclic) bond motifs is 1. The third kappa shape index (κ3) is 2.37. The molecule has 1 aliphatic rings. The Morgan fingerprint density at radius 3 is 2.70 bits per heavy atom.